The van der Waals surface area contributed by atoms with Crippen molar-refractivity contribution in [1.82, 2.24) is 5.32 Å². The van der Waals surface area contributed by atoms with Crippen molar-refractivity contribution in [3.8, 4) is 12.3 Å². The summed E-state index contributed by atoms with van der Waals surface area (Å²) < 4.78 is 0. The summed E-state index contributed by atoms with van der Waals surface area (Å²) in [5.74, 6) is 4.53. The monoisotopic (exact) mass is 239 g/mol. The topological polar surface area (TPSA) is 12.0 Å². The summed E-state index contributed by atoms with van der Waals surface area (Å²) in [5.41, 5.74) is 1.39. The van der Waals surface area contributed by atoms with Crippen LogP contribution < -0.4 is 5.32 Å². The van der Waals surface area contributed by atoms with Crippen LogP contribution in [0.3, 0.4) is 0 Å². The lowest BCUT2D eigenvalue weighted by atomic mass is 10.2. The van der Waals surface area contributed by atoms with Gasteiger partial charge in [-0.15, -0.1) is 29.5 Å². The predicted molar refractivity (Wildman–Crippen MR) is 71.6 cm³/mol. The van der Waals surface area contributed by atoms with Crippen LogP contribution in [0.4, 0.5) is 0 Å². The molecule has 1 unspecified atom stereocenters. The lowest BCUT2D eigenvalue weighted by Gasteiger charge is -2.12. The summed E-state index contributed by atoms with van der Waals surface area (Å²) in [5, 5.41) is 5.65. The van der Waals surface area contributed by atoms with Crippen LogP contribution in [0.1, 0.15) is 23.4 Å². The minimum Gasteiger partial charge on any atom is -0.309 e. The van der Waals surface area contributed by atoms with Gasteiger partial charge in [-0.05, 0) is 30.9 Å². The Balaban J connectivity index is 2.23. The smallest absolute Gasteiger partial charge is 0.0545 e. The second-order valence-electron chi connectivity index (χ2n) is 3.40. The second-order valence-corrected chi connectivity index (χ2v) is 5.45. The van der Waals surface area contributed by atoms with Gasteiger partial charge in [-0.25, -0.2) is 0 Å². The zero-order valence-corrected chi connectivity index (χ0v) is 10.9. The van der Waals surface area contributed by atoms with E-state index in [1.807, 2.05) is 11.3 Å². The Labute approximate surface area is 101 Å². The molecule has 1 aromatic heterocycles. The van der Waals surface area contributed by atoms with Crippen LogP contribution in [0.25, 0.3) is 0 Å². The molecule has 0 amide bonds. The number of rotatable bonds is 6. The molecule has 0 saturated heterocycles. The molecule has 0 aliphatic carbocycles. The zero-order valence-electron chi connectivity index (χ0n) is 9.25. The van der Waals surface area contributed by atoms with Crippen LogP contribution in [0.15, 0.2) is 11.4 Å². The molecule has 1 atom stereocenters. The van der Waals surface area contributed by atoms with Crippen molar-refractivity contribution in [1.29, 1.82) is 0 Å². The number of thioether (sulfide) groups is 1. The summed E-state index contributed by atoms with van der Waals surface area (Å²) in [6.45, 7) is 5.40. The minimum absolute atomic E-state index is 0.455. The Morgan fingerprint density at radius 1 is 1.67 bits per heavy atom. The van der Waals surface area contributed by atoms with Crippen molar-refractivity contribution in [2.45, 2.75) is 19.9 Å². The Morgan fingerprint density at radius 2 is 2.47 bits per heavy atom. The number of nitrogens with one attached hydrogen (secondary N) is 1. The fraction of sp³-hybridized carbons (Fsp3) is 0.500. The van der Waals surface area contributed by atoms with E-state index in [0.717, 1.165) is 18.1 Å². The number of hydrogen-bond acceptors (Lipinski definition) is 3. The van der Waals surface area contributed by atoms with Crippen LogP contribution in [0.2, 0.25) is 0 Å². The highest BCUT2D eigenvalue weighted by Gasteiger charge is 2.08. The Morgan fingerprint density at radius 3 is 3.07 bits per heavy atom. The lowest BCUT2D eigenvalue weighted by Crippen LogP contribution is -2.21. The van der Waals surface area contributed by atoms with Crippen LogP contribution in [-0.2, 0) is 0 Å². The van der Waals surface area contributed by atoms with E-state index in [1.165, 1.54) is 10.4 Å². The molecule has 0 fully saturated rings. The minimum atomic E-state index is 0.455. The van der Waals surface area contributed by atoms with Gasteiger partial charge in [0.05, 0.1) is 5.75 Å². The van der Waals surface area contributed by atoms with E-state index in [4.69, 9.17) is 6.42 Å². The van der Waals surface area contributed by atoms with Crippen LogP contribution in [0.5, 0.6) is 0 Å². The molecule has 1 nitrogen and oxygen atoms in total. The first-order chi connectivity index (χ1) is 7.25. The Bertz CT molecular complexity index is 325. The van der Waals surface area contributed by atoms with Crippen molar-refractivity contribution >= 4 is 23.1 Å². The average Bonchev–Trinajstić information content (AvgIpc) is 2.64. The van der Waals surface area contributed by atoms with E-state index in [0.29, 0.717) is 6.04 Å². The fourth-order valence-electron chi connectivity index (χ4n) is 1.40. The van der Waals surface area contributed by atoms with Crippen LogP contribution in [-0.4, -0.2) is 18.1 Å². The second kappa shape index (κ2) is 6.95. The molecular formula is C12H17NS2. The highest BCUT2D eigenvalue weighted by molar-refractivity contribution is 7.99. The van der Waals surface area contributed by atoms with Crippen molar-refractivity contribution < 1.29 is 0 Å². The number of hydrogen-bond donors (Lipinski definition) is 1. The van der Waals surface area contributed by atoms with E-state index in [9.17, 15) is 0 Å². The van der Waals surface area contributed by atoms with E-state index in [2.05, 4.69) is 36.5 Å². The summed E-state index contributed by atoms with van der Waals surface area (Å²) in [7, 11) is 0. The molecule has 0 aliphatic heterocycles. The number of aryl methyl sites for hydroxylation is 1. The van der Waals surface area contributed by atoms with Gasteiger partial charge in [0.25, 0.3) is 0 Å². The Hall–Kier alpha value is -0.430. The molecule has 1 heterocycles. The van der Waals surface area contributed by atoms with E-state index in [1.54, 1.807) is 11.8 Å². The first kappa shape index (κ1) is 12.6. The number of thiophene rings is 1. The molecule has 0 aromatic carbocycles. The Kier molecular flexibility index (Phi) is 5.85. The summed E-state index contributed by atoms with van der Waals surface area (Å²) >= 11 is 3.63. The highest BCUT2D eigenvalue weighted by Crippen LogP contribution is 2.23. The molecule has 3 heteroatoms. The van der Waals surface area contributed by atoms with Gasteiger partial charge in [0.2, 0.25) is 0 Å². The van der Waals surface area contributed by atoms with Crippen molar-refractivity contribution in [3.63, 3.8) is 0 Å². The molecule has 15 heavy (non-hydrogen) atoms. The normalized spacial score (nSPS) is 12.3. The molecule has 1 aromatic rings. The summed E-state index contributed by atoms with van der Waals surface area (Å²) in [6, 6.07) is 2.63. The average molecular weight is 239 g/mol. The quantitative estimate of drug-likeness (QED) is 0.605. The third-order valence-corrected chi connectivity index (χ3v) is 4.24. The molecule has 82 valence electrons. The lowest BCUT2D eigenvalue weighted by molar-refractivity contribution is 0.608. The maximum absolute atomic E-state index is 5.18. The standard InChI is InChI=1S/C12H17NS2/c1-4-7-14-9-6-13-11(3)12-10(2)5-8-15-12/h1,5,8,11,13H,6-7,9H2,2-3H3. The van der Waals surface area contributed by atoms with Crippen molar-refractivity contribution in [2.24, 2.45) is 0 Å². The first-order valence-corrected chi connectivity index (χ1v) is 7.07. The van der Waals surface area contributed by atoms with Gasteiger partial charge < -0.3 is 5.32 Å². The van der Waals surface area contributed by atoms with Gasteiger partial charge in [-0.1, -0.05) is 5.92 Å². The SMILES string of the molecule is C#CCSCCNC(C)c1sccc1C. The van der Waals surface area contributed by atoms with Gasteiger partial charge in [-0.2, -0.15) is 0 Å². The molecule has 0 radical (unpaired) electrons. The van der Waals surface area contributed by atoms with Gasteiger partial charge in [0, 0.05) is 23.2 Å². The fourth-order valence-corrected chi connectivity index (χ4v) is 2.88. The predicted octanol–water partition coefficient (Wildman–Crippen LogP) is 3.07. The van der Waals surface area contributed by atoms with Crippen molar-refractivity contribution in [3.05, 3.63) is 21.9 Å². The largest absolute Gasteiger partial charge is 0.309 e. The molecule has 1 N–H and O–H groups in total. The molecule has 0 bridgehead atoms. The summed E-state index contributed by atoms with van der Waals surface area (Å²) in [4.78, 5) is 1.44. The van der Waals surface area contributed by atoms with Crippen LogP contribution in [0, 0.1) is 19.3 Å². The summed E-state index contributed by atoms with van der Waals surface area (Å²) in [6.07, 6.45) is 5.18. The maximum atomic E-state index is 5.18. The zero-order chi connectivity index (χ0) is 11.1. The maximum Gasteiger partial charge on any atom is 0.0545 e. The molecule has 0 spiro atoms. The first-order valence-electron chi connectivity index (χ1n) is 5.04. The van der Waals surface area contributed by atoms with Gasteiger partial charge in [0.15, 0.2) is 0 Å². The van der Waals surface area contributed by atoms with Crippen molar-refractivity contribution in [2.75, 3.05) is 18.1 Å². The van der Waals surface area contributed by atoms with E-state index >= 15 is 0 Å². The molecule has 0 saturated carbocycles. The van der Waals surface area contributed by atoms with Gasteiger partial charge in [-0.3, -0.25) is 0 Å². The highest BCUT2D eigenvalue weighted by atomic mass is 32.2. The molecule has 1 rings (SSSR count). The third-order valence-electron chi connectivity index (χ3n) is 2.18. The van der Waals surface area contributed by atoms with Crippen LogP contribution >= 0.6 is 23.1 Å². The molecule has 0 aliphatic rings. The van der Waals surface area contributed by atoms with Gasteiger partial charge >= 0.3 is 0 Å². The number of terminal acetylenes is 1. The van der Waals surface area contributed by atoms with E-state index in [-0.39, 0.29) is 0 Å². The van der Waals surface area contributed by atoms with Gasteiger partial charge in [0.1, 0.15) is 0 Å². The molecular weight excluding hydrogens is 222 g/mol. The van der Waals surface area contributed by atoms with E-state index < -0.39 is 0 Å². The third kappa shape index (κ3) is 4.29.